The van der Waals surface area contributed by atoms with Crippen LogP contribution in [0.5, 0.6) is 0 Å². The molecule has 37 heavy (non-hydrogen) atoms. The smallest absolute Gasteiger partial charge is 0.338 e. The van der Waals surface area contributed by atoms with Crippen molar-refractivity contribution in [1.82, 2.24) is 19.5 Å². The van der Waals surface area contributed by atoms with Gasteiger partial charge in [0.1, 0.15) is 18.3 Å². The number of aromatic nitrogens is 4. The number of rotatable bonds is 8. The van der Waals surface area contributed by atoms with Crippen molar-refractivity contribution in [2.45, 2.75) is 24.5 Å². The van der Waals surface area contributed by atoms with Gasteiger partial charge in [-0.15, -0.1) is 0 Å². The van der Waals surface area contributed by atoms with E-state index in [9.17, 15) is 9.59 Å². The number of hydrogen-bond acceptors (Lipinski definition) is 9. The molecule has 11 heteroatoms. The summed E-state index contributed by atoms with van der Waals surface area (Å²) >= 11 is 0. The van der Waals surface area contributed by atoms with E-state index < -0.39 is 29.5 Å². The third-order valence-corrected chi connectivity index (χ3v) is 6.82. The van der Waals surface area contributed by atoms with Gasteiger partial charge in [-0.25, -0.2) is 9.78 Å². The predicted molar refractivity (Wildman–Crippen MR) is 131 cm³/mol. The molecule has 2 aromatic heterocycles. The molecule has 2 aliphatic heterocycles. The van der Waals surface area contributed by atoms with E-state index in [2.05, 4.69) is 15.0 Å². The van der Waals surface area contributed by atoms with E-state index in [1.165, 1.54) is 6.33 Å². The Morgan fingerprint density at radius 2 is 1.92 bits per heavy atom. The van der Waals surface area contributed by atoms with Crippen molar-refractivity contribution in [1.29, 1.82) is 0 Å². The van der Waals surface area contributed by atoms with Crippen molar-refractivity contribution >= 4 is 23.1 Å². The SMILES string of the molecule is Nc1nc2c(ncn2[C@@H]2O[C@@]3(COC(=O)c4ccccc4)COC2C3COCc2ccccc2)c(=O)[nH]1. The summed E-state index contributed by atoms with van der Waals surface area (Å²) in [5, 5.41) is 0. The molecule has 11 nitrogen and oxygen atoms in total. The zero-order valence-corrected chi connectivity index (χ0v) is 19.8. The predicted octanol–water partition coefficient (Wildman–Crippen LogP) is 2.06. The monoisotopic (exact) mass is 503 g/mol. The Morgan fingerprint density at radius 1 is 1.16 bits per heavy atom. The number of carbonyl (C=O) groups is 1. The number of carbonyl (C=O) groups excluding carboxylic acids is 1. The number of nitrogens with two attached hydrogens (primary N) is 1. The van der Waals surface area contributed by atoms with E-state index in [4.69, 9.17) is 24.7 Å². The lowest BCUT2D eigenvalue weighted by atomic mass is 9.90. The van der Waals surface area contributed by atoms with Gasteiger partial charge in [0.2, 0.25) is 5.95 Å². The fraction of sp³-hybridized carbons (Fsp3) is 0.308. The number of nitrogen functional groups attached to an aromatic ring is 1. The largest absolute Gasteiger partial charge is 0.459 e. The molecule has 0 amide bonds. The Hall–Kier alpha value is -4.06. The summed E-state index contributed by atoms with van der Waals surface area (Å²) in [7, 11) is 0. The number of hydrogen-bond donors (Lipinski definition) is 2. The van der Waals surface area contributed by atoms with Gasteiger partial charge in [-0.1, -0.05) is 48.5 Å². The molecule has 0 radical (unpaired) electrons. The van der Waals surface area contributed by atoms with Crippen LogP contribution in [0.1, 0.15) is 22.1 Å². The first-order valence-corrected chi connectivity index (χ1v) is 11.9. The first-order valence-electron chi connectivity index (χ1n) is 11.9. The molecule has 4 heterocycles. The standard InChI is InChI=1S/C26H25N5O6/c27-25-29-21-19(22(32)30-25)28-15-31(21)23-20-18(12-34-11-16-7-3-1-4-8-16)26(37-23,13-35-20)14-36-24(33)17-9-5-2-6-10-17/h1-10,15,18,20,23H,11-14H2,(H3,27,29,30,32)/t18?,20?,23-,26-/m1/s1. The molecule has 2 saturated heterocycles. The van der Waals surface area contributed by atoms with Crippen LogP contribution < -0.4 is 11.3 Å². The quantitative estimate of drug-likeness (QED) is 0.345. The van der Waals surface area contributed by atoms with E-state index in [0.717, 1.165) is 5.56 Å². The molecule has 3 N–H and O–H groups in total. The third kappa shape index (κ3) is 4.26. The summed E-state index contributed by atoms with van der Waals surface area (Å²) in [5.74, 6) is -0.748. The van der Waals surface area contributed by atoms with Crippen molar-refractivity contribution in [3.63, 3.8) is 0 Å². The number of imidazole rings is 1. The summed E-state index contributed by atoms with van der Waals surface area (Å²) in [6.45, 7) is 0.909. The van der Waals surface area contributed by atoms with Crippen molar-refractivity contribution in [3.8, 4) is 0 Å². The van der Waals surface area contributed by atoms with E-state index >= 15 is 0 Å². The molecular weight excluding hydrogens is 478 g/mol. The van der Waals surface area contributed by atoms with Gasteiger partial charge in [-0.05, 0) is 17.7 Å². The van der Waals surface area contributed by atoms with Crippen LogP contribution in [0.2, 0.25) is 0 Å². The lowest BCUT2D eigenvalue weighted by Gasteiger charge is -2.31. The minimum Gasteiger partial charge on any atom is -0.459 e. The summed E-state index contributed by atoms with van der Waals surface area (Å²) in [6, 6.07) is 18.6. The number of aromatic amines is 1. The highest BCUT2D eigenvalue weighted by Crippen LogP contribution is 2.50. The maximum absolute atomic E-state index is 12.7. The molecule has 4 atom stereocenters. The van der Waals surface area contributed by atoms with Crippen LogP contribution in [0, 0.1) is 5.92 Å². The Kier molecular flexibility index (Phi) is 5.95. The molecule has 190 valence electrons. The van der Waals surface area contributed by atoms with Gasteiger partial charge >= 0.3 is 5.97 Å². The molecule has 2 fully saturated rings. The lowest BCUT2D eigenvalue weighted by Crippen LogP contribution is -2.44. The number of fused-ring (bicyclic) bond motifs is 3. The van der Waals surface area contributed by atoms with Gasteiger partial charge in [0.25, 0.3) is 5.56 Å². The van der Waals surface area contributed by atoms with Crippen LogP contribution >= 0.6 is 0 Å². The van der Waals surface area contributed by atoms with E-state index in [1.807, 2.05) is 36.4 Å². The fourth-order valence-electron chi connectivity index (χ4n) is 4.97. The Labute approximate surface area is 211 Å². The molecular formula is C26H25N5O6. The van der Waals surface area contributed by atoms with E-state index in [-0.39, 0.29) is 36.2 Å². The molecule has 2 unspecified atom stereocenters. The maximum atomic E-state index is 12.7. The number of esters is 1. The summed E-state index contributed by atoms with van der Waals surface area (Å²) in [4.78, 5) is 35.9. The average molecular weight is 504 g/mol. The van der Waals surface area contributed by atoms with Crippen molar-refractivity contribution in [3.05, 3.63) is 88.5 Å². The molecule has 2 bridgehead atoms. The first-order chi connectivity index (χ1) is 18.0. The second kappa shape index (κ2) is 9.43. The zero-order chi connectivity index (χ0) is 25.4. The molecule has 4 aromatic rings. The highest BCUT2D eigenvalue weighted by Gasteiger charge is 2.63. The Balaban J connectivity index is 1.27. The number of nitrogens with zero attached hydrogens (tertiary/aromatic N) is 3. The molecule has 0 saturated carbocycles. The third-order valence-electron chi connectivity index (χ3n) is 6.82. The molecule has 2 aromatic carbocycles. The molecule has 0 spiro atoms. The van der Waals surface area contributed by atoms with Crippen LogP contribution in [0.15, 0.2) is 71.8 Å². The van der Waals surface area contributed by atoms with Crippen LogP contribution in [-0.4, -0.2) is 57.0 Å². The van der Waals surface area contributed by atoms with Gasteiger partial charge in [0.05, 0.1) is 31.7 Å². The van der Waals surface area contributed by atoms with Crippen molar-refractivity contribution in [2.24, 2.45) is 5.92 Å². The van der Waals surface area contributed by atoms with E-state index in [0.29, 0.717) is 18.8 Å². The van der Waals surface area contributed by atoms with Crippen LogP contribution in [0.25, 0.3) is 11.2 Å². The highest BCUT2D eigenvalue weighted by molar-refractivity contribution is 5.89. The summed E-state index contributed by atoms with van der Waals surface area (Å²) < 4.78 is 26.1. The number of nitrogens with one attached hydrogen (secondary N) is 1. The molecule has 0 aliphatic carbocycles. The minimum absolute atomic E-state index is 0.0300. The second-order valence-electron chi connectivity index (χ2n) is 9.17. The van der Waals surface area contributed by atoms with Gasteiger partial charge in [-0.2, -0.15) is 4.98 Å². The lowest BCUT2D eigenvalue weighted by molar-refractivity contribution is -0.185. The van der Waals surface area contributed by atoms with Gasteiger partial charge in [0.15, 0.2) is 17.4 Å². The number of anilines is 1. The number of benzene rings is 2. The van der Waals surface area contributed by atoms with Crippen LogP contribution in [0.3, 0.4) is 0 Å². The second-order valence-corrected chi connectivity index (χ2v) is 9.17. The first kappa shape index (κ1) is 23.3. The average Bonchev–Trinajstić information content (AvgIpc) is 3.58. The zero-order valence-electron chi connectivity index (χ0n) is 19.8. The van der Waals surface area contributed by atoms with Crippen molar-refractivity contribution in [2.75, 3.05) is 25.6 Å². The Morgan fingerprint density at radius 3 is 2.70 bits per heavy atom. The van der Waals surface area contributed by atoms with Crippen LogP contribution in [-0.2, 0) is 25.6 Å². The molecule has 6 rings (SSSR count). The van der Waals surface area contributed by atoms with Crippen molar-refractivity contribution < 1.29 is 23.7 Å². The van der Waals surface area contributed by atoms with Gasteiger partial charge < -0.3 is 24.7 Å². The maximum Gasteiger partial charge on any atom is 0.338 e. The van der Waals surface area contributed by atoms with Crippen LogP contribution in [0.4, 0.5) is 5.95 Å². The minimum atomic E-state index is -0.959. The normalized spacial score (nSPS) is 24.5. The summed E-state index contributed by atoms with van der Waals surface area (Å²) in [6.07, 6.45) is 0.353. The highest BCUT2D eigenvalue weighted by atomic mass is 16.6. The number of ether oxygens (including phenoxy) is 4. The van der Waals surface area contributed by atoms with E-state index in [1.54, 1.807) is 28.8 Å². The topological polar surface area (TPSA) is 144 Å². The van der Waals surface area contributed by atoms with Gasteiger partial charge in [-0.3, -0.25) is 14.3 Å². The summed E-state index contributed by atoms with van der Waals surface area (Å²) in [5.41, 5.74) is 6.28. The number of H-pyrrole nitrogens is 1. The Bertz CT molecular complexity index is 1470. The van der Waals surface area contributed by atoms with Gasteiger partial charge in [0, 0.05) is 5.92 Å². The molecule has 2 aliphatic rings. The fourth-order valence-corrected chi connectivity index (χ4v) is 4.97.